The average molecular weight is 269 g/mol. The first-order valence-corrected chi connectivity index (χ1v) is 6.96. The van der Waals surface area contributed by atoms with Crippen LogP contribution in [0.1, 0.15) is 17.3 Å². The number of ether oxygens (including phenoxy) is 1. The van der Waals surface area contributed by atoms with E-state index in [2.05, 4.69) is 11.9 Å². The minimum Gasteiger partial charge on any atom is -0.465 e. The molecule has 1 unspecified atom stereocenters. The molecule has 18 heavy (non-hydrogen) atoms. The Bertz CT molecular complexity index is 426. The summed E-state index contributed by atoms with van der Waals surface area (Å²) >= 11 is 1.75. The van der Waals surface area contributed by atoms with Crippen LogP contribution in [0.4, 0.5) is 11.5 Å². The highest BCUT2D eigenvalue weighted by atomic mass is 32.2. The van der Waals surface area contributed by atoms with Gasteiger partial charge >= 0.3 is 5.97 Å². The van der Waals surface area contributed by atoms with Gasteiger partial charge in [0.15, 0.2) is 5.82 Å². The molecular weight excluding hydrogens is 250 g/mol. The molecule has 0 amide bonds. The fraction of sp³-hybridized carbons (Fsp3) is 0.500. The smallest absolute Gasteiger partial charge is 0.340 e. The van der Waals surface area contributed by atoms with Crippen molar-refractivity contribution < 1.29 is 9.53 Å². The van der Waals surface area contributed by atoms with Crippen LogP contribution in [0, 0.1) is 0 Å². The lowest BCUT2D eigenvalue weighted by molar-refractivity contribution is 0.0602. The van der Waals surface area contributed by atoms with Crippen molar-refractivity contribution in [1.82, 2.24) is 4.98 Å². The lowest BCUT2D eigenvalue weighted by atomic mass is 10.2. The Morgan fingerprint density at radius 1 is 1.67 bits per heavy atom. The van der Waals surface area contributed by atoms with Crippen molar-refractivity contribution in [1.29, 1.82) is 0 Å². The number of carbonyl (C=O) groups is 1. The molecule has 1 aromatic rings. The van der Waals surface area contributed by atoms with E-state index in [1.54, 1.807) is 24.0 Å². The number of methoxy groups -OCH3 is 1. The summed E-state index contributed by atoms with van der Waals surface area (Å²) < 4.78 is 4.69. The number of nitrogens with two attached hydrogens (primary N) is 1. The predicted octanol–water partition coefficient (Wildman–Crippen LogP) is 1.64. The quantitative estimate of drug-likeness (QED) is 0.820. The van der Waals surface area contributed by atoms with Gasteiger partial charge in [-0.15, -0.1) is 0 Å². The molecule has 6 heteroatoms. The summed E-state index contributed by atoms with van der Waals surface area (Å²) in [5.41, 5.74) is 6.70. The second-order valence-electron chi connectivity index (χ2n) is 4.00. The Kier molecular flexibility index (Phi) is 5.27. The molecule has 0 saturated heterocycles. The third-order valence-electron chi connectivity index (χ3n) is 2.78. The summed E-state index contributed by atoms with van der Waals surface area (Å²) in [7, 11) is 3.25. The normalized spacial score (nSPS) is 12.0. The van der Waals surface area contributed by atoms with Crippen LogP contribution >= 0.6 is 11.8 Å². The van der Waals surface area contributed by atoms with E-state index in [4.69, 9.17) is 10.5 Å². The lowest BCUT2D eigenvalue weighted by Crippen LogP contribution is -2.32. The first-order valence-electron chi connectivity index (χ1n) is 5.57. The highest BCUT2D eigenvalue weighted by Crippen LogP contribution is 2.25. The third kappa shape index (κ3) is 3.07. The minimum absolute atomic E-state index is 0.280. The van der Waals surface area contributed by atoms with Gasteiger partial charge in [-0.3, -0.25) is 0 Å². The first kappa shape index (κ1) is 14.6. The monoisotopic (exact) mass is 269 g/mol. The van der Waals surface area contributed by atoms with Crippen molar-refractivity contribution in [3.05, 3.63) is 17.8 Å². The summed E-state index contributed by atoms with van der Waals surface area (Å²) in [6.07, 6.45) is 3.62. The van der Waals surface area contributed by atoms with Crippen LogP contribution in [0.3, 0.4) is 0 Å². The van der Waals surface area contributed by atoms with Gasteiger partial charge in [-0.2, -0.15) is 11.8 Å². The van der Waals surface area contributed by atoms with Crippen molar-refractivity contribution in [3.8, 4) is 0 Å². The number of nitrogens with zero attached hydrogens (tertiary/aromatic N) is 2. The second-order valence-corrected chi connectivity index (χ2v) is 4.91. The van der Waals surface area contributed by atoms with Gasteiger partial charge in [0.05, 0.1) is 18.4 Å². The predicted molar refractivity (Wildman–Crippen MR) is 76.2 cm³/mol. The molecule has 5 nitrogen and oxygen atoms in total. The number of hydrogen-bond donors (Lipinski definition) is 1. The summed E-state index contributed by atoms with van der Waals surface area (Å²) in [4.78, 5) is 17.8. The number of carbonyl (C=O) groups excluding carboxylic acids is 1. The number of thioether (sulfide) groups is 1. The lowest BCUT2D eigenvalue weighted by Gasteiger charge is -2.26. The van der Waals surface area contributed by atoms with Gasteiger partial charge in [-0.05, 0) is 19.2 Å². The molecule has 100 valence electrons. The van der Waals surface area contributed by atoms with Crippen LogP contribution in [0.25, 0.3) is 0 Å². The molecule has 0 aliphatic carbocycles. The molecule has 0 fully saturated rings. The molecule has 0 radical (unpaired) electrons. The van der Waals surface area contributed by atoms with Crippen LogP contribution in [-0.2, 0) is 4.74 Å². The Labute approximate surface area is 112 Å². The van der Waals surface area contributed by atoms with E-state index in [1.807, 2.05) is 18.2 Å². The second kappa shape index (κ2) is 6.49. The van der Waals surface area contributed by atoms with E-state index >= 15 is 0 Å². The number of pyridine rings is 1. The Morgan fingerprint density at radius 3 is 2.89 bits per heavy atom. The summed E-state index contributed by atoms with van der Waals surface area (Å²) in [5, 5.41) is 0. The van der Waals surface area contributed by atoms with E-state index in [1.165, 1.54) is 7.11 Å². The molecule has 0 aliphatic rings. The van der Waals surface area contributed by atoms with Crippen molar-refractivity contribution in [2.45, 2.75) is 13.0 Å². The van der Waals surface area contributed by atoms with Gasteiger partial charge in [0.25, 0.3) is 0 Å². The van der Waals surface area contributed by atoms with Gasteiger partial charge in [-0.1, -0.05) is 0 Å². The van der Waals surface area contributed by atoms with E-state index in [-0.39, 0.29) is 6.04 Å². The zero-order valence-corrected chi connectivity index (χ0v) is 12.0. The SMILES string of the molecule is COC(=O)c1ccnc(N(C)C(C)CSC)c1N. The van der Waals surface area contributed by atoms with Crippen molar-refractivity contribution in [2.24, 2.45) is 0 Å². The van der Waals surface area contributed by atoms with Crippen LogP contribution in [-0.4, -0.2) is 43.2 Å². The molecule has 1 heterocycles. The Balaban J connectivity index is 3.06. The van der Waals surface area contributed by atoms with Crippen LogP contribution < -0.4 is 10.6 Å². The van der Waals surface area contributed by atoms with Gasteiger partial charge in [-0.25, -0.2) is 9.78 Å². The molecule has 0 spiro atoms. The van der Waals surface area contributed by atoms with Gasteiger partial charge in [0.1, 0.15) is 0 Å². The van der Waals surface area contributed by atoms with Crippen LogP contribution in [0.2, 0.25) is 0 Å². The fourth-order valence-corrected chi connectivity index (χ4v) is 2.30. The van der Waals surface area contributed by atoms with E-state index in [0.29, 0.717) is 17.1 Å². The molecule has 0 aliphatic heterocycles. The molecule has 0 bridgehead atoms. The van der Waals surface area contributed by atoms with E-state index < -0.39 is 5.97 Å². The number of aromatic nitrogens is 1. The van der Waals surface area contributed by atoms with E-state index in [9.17, 15) is 4.79 Å². The number of hydrogen-bond acceptors (Lipinski definition) is 6. The van der Waals surface area contributed by atoms with E-state index in [0.717, 1.165) is 5.75 Å². The standard InChI is InChI=1S/C12H19N3O2S/c1-8(7-18-4)15(2)11-10(13)9(5-6-14-11)12(16)17-3/h5-6,8H,7,13H2,1-4H3. The number of rotatable bonds is 5. The molecule has 0 aromatic carbocycles. The minimum atomic E-state index is -0.443. The molecular formula is C12H19N3O2S. The topological polar surface area (TPSA) is 68.5 Å². The summed E-state index contributed by atoms with van der Waals surface area (Å²) in [5.74, 6) is 1.13. The van der Waals surface area contributed by atoms with Gasteiger partial charge in [0.2, 0.25) is 0 Å². The molecule has 2 N–H and O–H groups in total. The number of nitrogen functional groups attached to an aromatic ring is 1. The van der Waals surface area contributed by atoms with Crippen molar-refractivity contribution >= 4 is 29.2 Å². The highest BCUT2D eigenvalue weighted by Gasteiger charge is 2.18. The van der Waals surface area contributed by atoms with Crippen LogP contribution in [0.15, 0.2) is 12.3 Å². The fourth-order valence-electron chi connectivity index (χ4n) is 1.59. The Morgan fingerprint density at radius 2 is 2.33 bits per heavy atom. The maximum atomic E-state index is 11.6. The van der Waals surface area contributed by atoms with Crippen LogP contribution in [0.5, 0.6) is 0 Å². The maximum absolute atomic E-state index is 11.6. The maximum Gasteiger partial charge on any atom is 0.340 e. The molecule has 1 atom stereocenters. The van der Waals surface area contributed by atoms with Crippen molar-refractivity contribution in [2.75, 3.05) is 36.8 Å². The van der Waals surface area contributed by atoms with Gasteiger partial charge < -0.3 is 15.4 Å². The first-order chi connectivity index (χ1) is 8.52. The number of anilines is 2. The molecule has 0 saturated carbocycles. The van der Waals surface area contributed by atoms with Crippen molar-refractivity contribution in [3.63, 3.8) is 0 Å². The average Bonchev–Trinajstić information content (AvgIpc) is 2.37. The molecule has 1 rings (SSSR count). The highest BCUT2D eigenvalue weighted by molar-refractivity contribution is 7.98. The summed E-state index contributed by atoms with van der Waals surface area (Å²) in [6.45, 7) is 2.09. The Hall–Kier alpha value is -1.43. The largest absolute Gasteiger partial charge is 0.465 e. The zero-order chi connectivity index (χ0) is 13.7. The zero-order valence-electron chi connectivity index (χ0n) is 11.1. The van der Waals surface area contributed by atoms with Gasteiger partial charge in [0, 0.05) is 25.0 Å². The summed E-state index contributed by atoms with van der Waals surface area (Å²) in [6, 6.07) is 1.85. The molecule has 1 aromatic heterocycles. The number of esters is 1. The third-order valence-corrected chi connectivity index (χ3v) is 3.59.